The molecule has 0 bridgehead atoms. The molecule has 0 aromatic heterocycles. The van der Waals surface area contributed by atoms with Crippen molar-refractivity contribution < 1.29 is 14.8 Å². The van der Waals surface area contributed by atoms with E-state index in [0.717, 1.165) is 49.9 Å². The van der Waals surface area contributed by atoms with Crippen LogP contribution in [0.3, 0.4) is 0 Å². The van der Waals surface area contributed by atoms with Crippen LogP contribution >= 0.6 is 0 Å². The summed E-state index contributed by atoms with van der Waals surface area (Å²) in [4.78, 5) is 10.1. The molecule has 3 fully saturated rings. The van der Waals surface area contributed by atoms with Crippen LogP contribution in [0, 0.1) is 28.6 Å². The van der Waals surface area contributed by atoms with E-state index in [-0.39, 0.29) is 16.9 Å². The number of hydrogen-bond donors (Lipinski definition) is 1. The van der Waals surface area contributed by atoms with Gasteiger partial charge in [-0.2, -0.15) is 0 Å². The zero-order chi connectivity index (χ0) is 18.5. The Morgan fingerprint density at radius 3 is 2.54 bits per heavy atom. The van der Waals surface area contributed by atoms with Crippen LogP contribution in [0.15, 0.2) is 22.0 Å². The number of aliphatic hydroxyl groups excluding tert-OH is 1. The van der Waals surface area contributed by atoms with E-state index >= 15 is 0 Å². The molecule has 0 heterocycles. The van der Waals surface area contributed by atoms with Crippen molar-refractivity contribution in [3.8, 4) is 0 Å². The van der Waals surface area contributed by atoms with Crippen LogP contribution in [0.1, 0.15) is 58.8 Å². The van der Waals surface area contributed by atoms with E-state index in [4.69, 9.17) is 9.68 Å². The first-order chi connectivity index (χ1) is 12.4. The third kappa shape index (κ3) is 2.39. The molecule has 3 saturated carbocycles. The van der Waals surface area contributed by atoms with E-state index in [1.54, 1.807) is 14.2 Å². The first-order valence-corrected chi connectivity index (χ1v) is 10.0. The molecule has 5 heteroatoms. The molecule has 0 aliphatic heterocycles. The summed E-state index contributed by atoms with van der Waals surface area (Å²) in [7, 11) is 3.23. The topological polar surface area (TPSA) is 63.4 Å². The van der Waals surface area contributed by atoms with Crippen molar-refractivity contribution in [2.24, 2.45) is 38.9 Å². The van der Waals surface area contributed by atoms with E-state index in [1.165, 1.54) is 12.0 Å². The molecule has 4 aliphatic rings. The quantitative estimate of drug-likeness (QED) is 0.759. The Morgan fingerprint density at radius 2 is 1.81 bits per heavy atom. The standard InChI is InChI=1S/C21H32N2O3/c1-20-10-9-14(22-25-3)11-13(20)5-6-15-16-7-8-18(23-26-4)21(16,2)19(24)12-17(15)20/h11,15-17,19,24H,5-10,12H2,1-4H3/b22-14+,23-18+. The van der Waals surface area contributed by atoms with E-state index in [1.807, 2.05) is 0 Å². The van der Waals surface area contributed by atoms with Gasteiger partial charge in [0.15, 0.2) is 0 Å². The molecular formula is C21H32N2O3. The highest BCUT2D eigenvalue weighted by Crippen LogP contribution is 2.64. The lowest BCUT2D eigenvalue weighted by molar-refractivity contribution is -0.0925. The Balaban J connectivity index is 1.68. The highest BCUT2D eigenvalue weighted by Gasteiger charge is 2.61. The Bertz CT molecular complexity index is 670. The highest BCUT2D eigenvalue weighted by atomic mass is 16.6. The van der Waals surface area contributed by atoms with Crippen molar-refractivity contribution in [3.05, 3.63) is 11.6 Å². The summed E-state index contributed by atoms with van der Waals surface area (Å²) in [6, 6.07) is 0. The van der Waals surface area contributed by atoms with Crippen molar-refractivity contribution >= 4 is 11.4 Å². The number of oxime groups is 2. The Labute approximate surface area is 156 Å². The van der Waals surface area contributed by atoms with Gasteiger partial charge in [-0.3, -0.25) is 0 Å². The van der Waals surface area contributed by atoms with Crippen LogP contribution in [-0.4, -0.2) is 36.9 Å². The molecule has 5 nitrogen and oxygen atoms in total. The lowest BCUT2D eigenvalue weighted by Crippen LogP contribution is -2.56. The number of aliphatic hydroxyl groups is 1. The van der Waals surface area contributed by atoms with Gasteiger partial charge in [0.25, 0.3) is 0 Å². The number of rotatable bonds is 2. The summed E-state index contributed by atoms with van der Waals surface area (Å²) in [5, 5.41) is 19.7. The lowest BCUT2D eigenvalue weighted by atomic mass is 9.46. The summed E-state index contributed by atoms with van der Waals surface area (Å²) in [5.74, 6) is 1.72. The third-order valence-electron chi connectivity index (χ3n) is 8.24. The molecular weight excluding hydrogens is 328 g/mol. The van der Waals surface area contributed by atoms with Crippen LogP contribution in [0.5, 0.6) is 0 Å². The van der Waals surface area contributed by atoms with Crippen molar-refractivity contribution in [1.82, 2.24) is 0 Å². The average molecular weight is 360 g/mol. The van der Waals surface area contributed by atoms with E-state index < -0.39 is 0 Å². The Morgan fingerprint density at radius 1 is 1.04 bits per heavy atom. The van der Waals surface area contributed by atoms with Gasteiger partial charge in [-0.25, -0.2) is 0 Å². The SMILES string of the molecule is CO/N=C1/C=C2CCC3C(CC(O)C4(C)/C(=N/OC)CCC34)C2(C)CC1. The average Bonchev–Trinajstić information content (AvgIpc) is 2.95. The molecule has 4 rings (SSSR count). The number of nitrogens with zero attached hydrogens (tertiary/aromatic N) is 2. The number of allylic oxidation sites excluding steroid dienone is 2. The van der Waals surface area contributed by atoms with Crippen molar-refractivity contribution in [2.45, 2.75) is 64.9 Å². The molecule has 1 N–H and O–H groups in total. The maximum absolute atomic E-state index is 11.2. The fourth-order valence-electron chi connectivity index (χ4n) is 6.78. The summed E-state index contributed by atoms with van der Waals surface area (Å²) in [5.41, 5.74) is 3.61. The van der Waals surface area contributed by atoms with E-state index in [9.17, 15) is 5.11 Å². The van der Waals surface area contributed by atoms with Crippen molar-refractivity contribution in [3.63, 3.8) is 0 Å². The largest absolute Gasteiger partial charge is 0.399 e. The predicted octanol–water partition coefficient (Wildman–Crippen LogP) is 3.92. The van der Waals surface area contributed by atoms with E-state index in [0.29, 0.717) is 17.8 Å². The maximum atomic E-state index is 11.2. The summed E-state index contributed by atoms with van der Waals surface area (Å²) in [6.07, 6.45) is 9.31. The first-order valence-electron chi connectivity index (χ1n) is 10.0. The Kier molecular flexibility index (Phi) is 4.41. The van der Waals surface area contributed by atoms with Crippen LogP contribution in [0.25, 0.3) is 0 Å². The van der Waals surface area contributed by atoms with Gasteiger partial charge in [-0.15, -0.1) is 0 Å². The fraction of sp³-hybridized carbons (Fsp3) is 0.810. The minimum Gasteiger partial charge on any atom is -0.399 e. The van der Waals surface area contributed by atoms with Gasteiger partial charge < -0.3 is 14.8 Å². The Hall–Kier alpha value is -1.36. The van der Waals surface area contributed by atoms with Gasteiger partial charge in [-0.1, -0.05) is 29.7 Å². The molecule has 6 unspecified atom stereocenters. The van der Waals surface area contributed by atoms with Gasteiger partial charge in [0.05, 0.1) is 17.5 Å². The van der Waals surface area contributed by atoms with Crippen molar-refractivity contribution in [2.75, 3.05) is 14.2 Å². The molecule has 0 spiro atoms. The summed E-state index contributed by atoms with van der Waals surface area (Å²) >= 11 is 0. The molecule has 26 heavy (non-hydrogen) atoms. The molecule has 0 aromatic carbocycles. The second-order valence-corrected chi connectivity index (χ2v) is 9.06. The zero-order valence-corrected chi connectivity index (χ0v) is 16.5. The van der Waals surface area contributed by atoms with Gasteiger partial charge in [0.2, 0.25) is 0 Å². The zero-order valence-electron chi connectivity index (χ0n) is 16.5. The monoisotopic (exact) mass is 360 g/mol. The lowest BCUT2D eigenvalue weighted by Gasteiger charge is -2.58. The van der Waals surface area contributed by atoms with Crippen LogP contribution < -0.4 is 0 Å². The van der Waals surface area contributed by atoms with Gasteiger partial charge in [0.1, 0.15) is 14.2 Å². The summed E-state index contributed by atoms with van der Waals surface area (Å²) < 4.78 is 0. The molecule has 0 radical (unpaired) electrons. The number of hydrogen-bond acceptors (Lipinski definition) is 5. The second kappa shape index (κ2) is 6.36. The maximum Gasteiger partial charge on any atom is 0.106 e. The van der Waals surface area contributed by atoms with Gasteiger partial charge in [-0.05, 0) is 74.2 Å². The number of fused-ring (bicyclic) bond motifs is 5. The molecule has 4 aliphatic carbocycles. The smallest absolute Gasteiger partial charge is 0.106 e. The highest BCUT2D eigenvalue weighted by molar-refractivity contribution is 5.96. The second-order valence-electron chi connectivity index (χ2n) is 9.06. The van der Waals surface area contributed by atoms with E-state index in [2.05, 4.69) is 30.2 Å². The molecule has 6 atom stereocenters. The molecule has 144 valence electrons. The normalized spacial score (nSPS) is 47.8. The summed E-state index contributed by atoms with van der Waals surface area (Å²) in [6.45, 7) is 4.65. The van der Waals surface area contributed by atoms with Crippen LogP contribution in [0.4, 0.5) is 0 Å². The van der Waals surface area contributed by atoms with Crippen LogP contribution in [0.2, 0.25) is 0 Å². The predicted molar refractivity (Wildman–Crippen MR) is 102 cm³/mol. The third-order valence-corrected chi connectivity index (χ3v) is 8.24. The van der Waals surface area contributed by atoms with Crippen LogP contribution in [-0.2, 0) is 9.68 Å². The first kappa shape index (κ1) is 18.0. The van der Waals surface area contributed by atoms with Crippen molar-refractivity contribution in [1.29, 1.82) is 0 Å². The molecule has 0 saturated heterocycles. The minimum atomic E-state index is -0.338. The van der Waals surface area contributed by atoms with Gasteiger partial charge in [0, 0.05) is 5.41 Å². The van der Waals surface area contributed by atoms with Gasteiger partial charge >= 0.3 is 0 Å². The minimum absolute atomic E-state index is 0.180. The molecule has 0 aromatic rings. The molecule has 0 amide bonds. The fourth-order valence-corrected chi connectivity index (χ4v) is 6.78.